The van der Waals surface area contributed by atoms with E-state index in [2.05, 4.69) is 40.2 Å². The van der Waals surface area contributed by atoms with Gasteiger partial charge in [0.25, 0.3) is 11.1 Å². The van der Waals surface area contributed by atoms with Gasteiger partial charge < -0.3 is 24.0 Å². The lowest BCUT2D eigenvalue weighted by Crippen LogP contribution is -2.57. The Kier molecular flexibility index (Phi) is 7.59. The van der Waals surface area contributed by atoms with Crippen molar-refractivity contribution in [3.8, 4) is 11.5 Å². The van der Waals surface area contributed by atoms with Gasteiger partial charge >= 0.3 is 0 Å². The van der Waals surface area contributed by atoms with E-state index >= 15 is 0 Å². The molecule has 41 heavy (non-hydrogen) atoms. The fraction of sp³-hybridized carbons (Fsp3) is 0.258. The summed E-state index contributed by atoms with van der Waals surface area (Å²) in [5.41, 5.74) is 3.48. The summed E-state index contributed by atoms with van der Waals surface area (Å²) < 4.78 is 19.2. The highest BCUT2D eigenvalue weighted by Crippen LogP contribution is 2.47. The number of benzene rings is 3. The summed E-state index contributed by atoms with van der Waals surface area (Å²) in [4.78, 5) is 23.9. The second-order valence-corrected chi connectivity index (χ2v) is 11.3. The van der Waals surface area contributed by atoms with Crippen LogP contribution >= 0.6 is 24.0 Å². The predicted molar refractivity (Wildman–Crippen MR) is 165 cm³/mol. The number of aromatic nitrogens is 2. The third kappa shape index (κ3) is 4.91. The Morgan fingerprint density at radius 1 is 1.00 bits per heavy atom. The quantitative estimate of drug-likeness (QED) is 0.271. The molecular weight excluding hydrogens is 556 g/mol. The van der Waals surface area contributed by atoms with Crippen molar-refractivity contribution in [2.45, 2.75) is 30.0 Å². The maximum atomic E-state index is 14.3. The molecule has 1 aromatic heterocycles. The van der Waals surface area contributed by atoms with Gasteiger partial charge in [-0.15, -0.1) is 11.8 Å². The van der Waals surface area contributed by atoms with Crippen molar-refractivity contribution in [2.24, 2.45) is 0 Å². The average Bonchev–Trinajstić information content (AvgIpc) is 3.56. The molecule has 0 fully saturated rings. The van der Waals surface area contributed by atoms with Crippen LogP contribution in [0.1, 0.15) is 28.9 Å². The molecule has 4 aromatic rings. The van der Waals surface area contributed by atoms with Crippen molar-refractivity contribution in [1.29, 1.82) is 0 Å². The van der Waals surface area contributed by atoms with E-state index in [1.807, 2.05) is 41.8 Å². The third-order valence-electron chi connectivity index (χ3n) is 7.61. The van der Waals surface area contributed by atoms with Gasteiger partial charge in [0.05, 0.1) is 32.0 Å². The van der Waals surface area contributed by atoms with Crippen LogP contribution in [0, 0.1) is 0 Å². The Morgan fingerprint density at radius 3 is 2.51 bits per heavy atom. The number of hydrogen-bond donors (Lipinski definition) is 0. The Balaban J connectivity index is 1.48. The van der Waals surface area contributed by atoms with Crippen LogP contribution in [0.3, 0.4) is 0 Å². The van der Waals surface area contributed by atoms with E-state index in [4.69, 9.17) is 26.4 Å². The Morgan fingerprint density at radius 2 is 1.76 bits per heavy atom. The highest BCUT2D eigenvalue weighted by Gasteiger charge is 2.47. The van der Waals surface area contributed by atoms with Gasteiger partial charge in [0, 0.05) is 46.4 Å². The van der Waals surface area contributed by atoms with Crippen molar-refractivity contribution in [1.82, 2.24) is 9.55 Å². The summed E-state index contributed by atoms with van der Waals surface area (Å²) in [6, 6.07) is 21.2. The van der Waals surface area contributed by atoms with Gasteiger partial charge in [-0.05, 0) is 55.5 Å². The molecule has 2 aliphatic rings. The number of methoxy groups -OCH3 is 2. The number of para-hydroxylation sites is 2. The van der Waals surface area contributed by atoms with E-state index < -0.39 is 6.10 Å². The SMILES string of the molecule is COc1ccc(C(=O)N2c3ccccc3C(N3CCSc4ccccc43)C(OC(=S)n3ccnc3)C2C)cc1OC. The highest BCUT2D eigenvalue weighted by molar-refractivity contribution is 7.99. The van der Waals surface area contributed by atoms with E-state index in [0.717, 1.165) is 29.2 Å². The number of carbonyl (C=O) groups excluding carboxylic acids is 1. The van der Waals surface area contributed by atoms with E-state index in [0.29, 0.717) is 17.1 Å². The van der Waals surface area contributed by atoms with Crippen LogP contribution in [0.25, 0.3) is 0 Å². The molecule has 1 amide bonds. The number of carbonyl (C=O) groups is 1. The van der Waals surface area contributed by atoms with Gasteiger partial charge in [-0.1, -0.05) is 30.3 Å². The maximum Gasteiger partial charge on any atom is 0.269 e. The topological polar surface area (TPSA) is 69.1 Å². The van der Waals surface area contributed by atoms with Gasteiger partial charge in [-0.2, -0.15) is 0 Å². The maximum absolute atomic E-state index is 14.3. The smallest absolute Gasteiger partial charge is 0.269 e. The summed E-state index contributed by atoms with van der Waals surface area (Å²) in [5, 5.41) is 0.280. The minimum atomic E-state index is -0.486. The van der Waals surface area contributed by atoms with Crippen LogP contribution in [0.4, 0.5) is 11.4 Å². The summed E-state index contributed by atoms with van der Waals surface area (Å²) >= 11 is 7.59. The van der Waals surface area contributed by atoms with Crippen LogP contribution in [0.15, 0.2) is 90.3 Å². The molecular formula is C31H30N4O4S2. The molecule has 0 bridgehead atoms. The summed E-state index contributed by atoms with van der Waals surface area (Å²) in [6.45, 7) is 2.85. The number of thioether (sulfide) groups is 1. The summed E-state index contributed by atoms with van der Waals surface area (Å²) in [6.07, 6.45) is 4.56. The first-order chi connectivity index (χ1) is 20.0. The van der Waals surface area contributed by atoms with Crippen LogP contribution in [0.2, 0.25) is 0 Å². The van der Waals surface area contributed by atoms with Crippen LogP contribution in [-0.4, -0.2) is 59.3 Å². The zero-order chi connectivity index (χ0) is 28.5. The fourth-order valence-electron chi connectivity index (χ4n) is 5.70. The second kappa shape index (κ2) is 11.5. The first kappa shape index (κ1) is 27.2. The van der Waals surface area contributed by atoms with E-state index in [9.17, 15) is 4.79 Å². The number of amides is 1. The number of nitrogens with zero attached hydrogens (tertiary/aromatic N) is 4. The second-order valence-electron chi connectivity index (χ2n) is 9.82. The van der Waals surface area contributed by atoms with Crippen molar-refractivity contribution < 1.29 is 19.0 Å². The molecule has 0 radical (unpaired) electrons. The highest BCUT2D eigenvalue weighted by atomic mass is 32.2. The van der Waals surface area contributed by atoms with Crippen molar-refractivity contribution in [3.63, 3.8) is 0 Å². The Bertz CT molecular complexity index is 1580. The normalized spacial score (nSPS) is 19.6. The minimum absolute atomic E-state index is 0.166. The zero-order valence-corrected chi connectivity index (χ0v) is 24.6. The Labute approximate surface area is 248 Å². The molecule has 10 heteroatoms. The van der Waals surface area contributed by atoms with Gasteiger partial charge in [-0.3, -0.25) is 9.36 Å². The van der Waals surface area contributed by atoms with Crippen LogP contribution in [0.5, 0.6) is 11.5 Å². The molecule has 3 heterocycles. The standard InChI is InChI=1S/C31H30N4O4S2/c1-20-29(39-31(40)33-15-14-32-19-33)28(34-16-17-41-27-11-7-6-10-24(27)34)22-8-4-5-9-23(22)35(20)30(36)21-12-13-25(37-2)26(18-21)38-3/h4-15,18-20,28-29H,16-17H2,1-3H3. The lowest BCUT2D eigenvalue weighted by Gasteiger charge is -2.49. The van der Waals surface area contributed by atoms with Crippen molar-refractivity contribution in [3.05, 3.63) is 96.6 Å². The largest absolute Gasteiger partial charge is 0.493 e. The summed E-state index contributed by atoms with van der Waals surface area (Å²) in [7, 11) is 3.13. The van der Waals surface area contributed by atoms with Gasteiger partial charge in [0.15, 0.2) is 11.5 Å². The lowest BCUT2D eigenvalue weighted by molar-refractivity contribution is 0.0871. The third-order valence-corrected chi connectivity index (χ3v) is 8.96. The molecule has 6 rings (SSSR count). The molecule has 0 aliphatic carbocycles. The first-order valence-electron chi connectivity index (χ1n) is 13.3. The number of imidazole rings is 1. The molecule has 0 saturated heterocycles. The molecule has 3 aromatic carbocycles. The van der Waals surface area contributed by atoms with Crippen molar-refractivity contribution >= 4 is 46.4 Å². The van der Waals surface area contributed by atoms with Crippen LogP contribution < -0.4 is 19.3 Å². The van der Waals surface area contributed by atoms with E-state index in [-0.39, 0.29) is 23.2 Å². The molecule has 2 aliphatic heterocycles. The number of anilines is 2. The minimum Gasteiger partial charge on any atom is -0.493 e. The molecule has 0 spiro atoms. The number of thiocarbonyl (C=S) groups is 1. The fourth-order valence-corrected chi connectivity index (χ4v) is 6.93. The van der Waals surface area contributed by atoms with E-state index in [1.165, 1.54) is 4.90 Å². The molecule has 3 atom stereocenters. The molecule has 0 N–H and O–H groups in total. The summed E-state index contributed by atoms with van der Waals surface area (Å²) in [5.74, 6) is 1.83. The molecule has 0 saturated carbocycles. The zero-order valence-electron chi connectivity index (χ0n) is 23.0. The Hall–Kier alpha value is -4.02. The number of hydrogen-bond acceptors (Lipinski definition) is 8. The van der Waals surface area contributed by atoms with Gasteiger partial charge in [0.1, 0.15) is 12.4 Å². The van der Waals surface area contributed by atoms with Gasteiger partial charge in [-0.25, -0.2) is 4.98 Å². The molecule has 8 nitrogen and oxygen atoms in total. The number of fused-ring (bicyclic) bond motifs is 2. The lowest BCUT2D eigenvalue weighted by atomic mass is 9.86. The predicted octanol–water partition coefficient (Wildman–Crippen LogP) is 5.82. The average molecular weight is 587 g/mol. The number of rotatable bonds is 5. The molecule has 3 unspecified atom stereocenters. The molecule has 210 valence electrons. The monoisotopic (exact) mass is 586 g/mol. The van der Waals surface area contributed by atoms with Crippen molar-refractivity contribution in [2.75, 3.05) is 36.3 Å². The first-order valence-corrected chi connectivity index (χ1v) is 14.7. The van der Waals surface area contributed by atoms with E-state index in [1.54, 1.807) is 55.7 Å². The van der Waals surface area contributed by atoms with Gasteiger partial charge in [0.2, 0.25) is 0 Å². The number of ether oxygens (including phenoxy) is 3. The van der Waals surface area contributed by atoms with Crippen LogP contribution in [-0.2, 0) is 4.74 Å².